The first-order valence-electron chi connectivity index (χ1n) is 10.1. The van der Waals surface area contributed by atoms with Crippen LogP contribution in [0, 0.1) is 6.92 Å². The Morgan fingerprint density at radius 1 is 1.17 bits per heavy atom. The normalized spacial score (nSPS) is 16.2. The second kappa shape index (κ2) is 8.57. The van der Waals surface area contributed by atoms with Crippen LogP contribution in [0.5, 0.6) is 11.5 Å². The molecule has 1 unspecified atom stereocenters. The molecule has 0 spiro atoms. The van der Waals surface area contributed by atoms with E-state index in [0.717, 1.165) is 11.1 Å². The molecule has 0 saturated carbocycles. The number of carbonyl (C=O) groups excluding carboxylic acids is 1. The fourth-order valence-corrected chi connectivity index (χ4v) is 3.65. The summed E-state index contributed by atoms with van der Waals surface area (Å²) < 4.78 is 16.5. The minimum atomic E-state index is -0.218. The van der Waals surface area contributed by atoms with Crippen molar-refractivity contribution in [3.8, 4) is 22.9 Å². The monoisotopic (exact) mass is 407 g/mol. The van der Waals surface area contributed by atoms with Crippen LogP contribution in [-0.4, -0.2) is 34.7 Å². The van der Waals surface area contributed by atoms with Crippen LogP contribution >= 0.6 is 0 Å². The molecule has 1 amide bonds. The number of benzene rings is 2. The molecule has 0 bridgehead atoms. The van der Waals surface area contributed by atoms with E-state index in [0.29, 0.717) is 49.2 Å². The zero-order valence-corrected chi connectivity index (χ0v) is 17.4. The Balaban J connectivity index is 1.56. The number of hydrogen-bond acceptors (Lipinski definition) is 6. The van der Waals surface area contributed by atoms with Crippen molar-refractivity contribution in [2.75, 3.05) is 13.7 Å². The number of aromatic nitrogens is 2. The van der Waals surface area contributed by atoms with Gasteiger partial charge in [-0.1, -0.05) is 35.0 Å². The van der Waals surface area contributed by atoms with Crippen LogP contribution in [0.15, 0.2) is 47.0 Å². The summed E-state index contributed by atoms with van der Waals surface area (Å²) in [6.07, 6.45) is 1.14. The quantitative estimate of drug-likeness (QED) is 0.581. The van der Waals surface area contributed by atoms with Crippen molar-refractivity contribution in [1.29, 1.82) is 0 Å². The molecule has 156 valence electrons. The van der Waals surface area contributed by atoms with Crippen LogP contribution in [-0.2, 0) is 11.3 Å². The number of hydrogen-bond donors (Lipinski definition) is 0. The summed E-state index contributed by atoms with van der Waals surface area (Å²) in [5, 5.41) is 4.14. The Morgan fingerprint density at radius 3 is 2.70 bits per heavy atom. The van der Waals surface area contributed by atoms with Gasteiger partial charge >= 0.3 is 0 Å². The van der Waals surface area contributed by atoms with Gasteiger partial charge in [0, 0.05) is 18.5 Å². The van der Waals surface area contributed by atoms with Crippen molar-refractivity contribution in [3.05, 3.63) is 59.5 Å². The molecule has 1 atom stereocenters. The molecule has 0 N–H and O–H groups in total. The van der Waals surface area contributed by atoms with Crippen LogP contribution in [0.25, 0.3) is 11.4 Å². The molecular formula is C23H25N3O4. The third kappa shape index (κ3) is 4.01. The van der Waals surface area contributed by atoms with Crippen LogP contribution in [0.4, 0.5) is 0 Å². The summed E-state index contributed by atoms with van der Waals surface area (Å²) in [5.74, 6) is 2.29. The van der Waals surface area contributed by atoms with Crippen molar-refractivity contribution in [2.24, 2.45) is 0 Å². The predicted octanol–water partition coefficient (Wildman–Crippen LogP) is 4.32. The van der Waals surface area contributed by atoms with E-state index >= 15 is 0 Å². The second-order valence-corrected chi connectivity index (χ2v) is 7.32. The first-order valence-corrected chi connectivity index (χ1v) is 10.1. The Morgan fingerprint density at radius 2 is 1.97 bits per heavy atom. The maximum atomic E-state index is 12.5. The average molecular weight is 407 g/mol. The molecular weight excluding hydrogens is 382 g/mol. The minimum absolute atomic E-state index is 0.100. The van der Waals surface area contributed by atoms with E-state index in [4.69, 9.17) is 14.0 Å². The summed E-state index contributed by atoms with van der Waals surface area (Å²) in [7, 11) is 1.59. The largest absolute Gasteiger partial charge is 0.493 e. The van der Waals surface area contributed by atoms with Gasteiger partial charge in [-0.15, -0.1) is 0 Å². The van der Waals surface area contributed by atoms with E-state index in [-0.39, 0.29) is 11.9 Å². The zero-order chi connectivity index (χ0) is 21.1. The molecule has 7 heteroatoms. The Bertz CT molecular complexity index is 1030. The van der Waals surface area contributed by atoms with Crippen molar-refractivity contribution in [1.82, 2.24) is 15.0 Å². The molecule has 1 aliphatic heterocycles. The predicted molar refractivity (Wildman–Crippen MR) is 111 cm³/mol. The molecule has 1 fully saturated rings. The van der Waals surface area contributed by atoms with E-state index in [9.17, 15) is 4.79 Å². The molecule has 1 saturated heterocycles. The highest BCUT2D eigenvalue weighted by molar-refractivity contribution is 5.78. The standard InChI is InChI=1S/C23H25N3O4/c1-4-29-19-11-9-17(13-20(19)28-3)22-24-23(30-25-22)18-10-12-21(27)26(18)14-16-7-5-15(2)6-8-16/h5-9,11,13,18H,4,10,12,14H2,1-3H3. The van der Waals surface area contributed by atoms with Gasteiger partial charge in [0.1, 0.15) is 6.04 Å². The van der Waals surface area contributed by atoms with Crippen molar-refractivity contribution < 1.29 is 18.8 Å². The molecule has 1 aliphatic rings. The van der Waals surface area contributed by atoms with Crippen molar-refractivity contribution >= 4 is 5.91 Å². The number of amides is 1. The minimum Gasteiger partial charge on any atom is -0.493 e. The highest BCUT2D eigenvalue weighted by Crippen LogP contribution is 2.36. The smallest absolute Gasteiger partial charge is 0.249 e. The molecule has 3 aromatic rings. The molecule has 30 heavy (non-hydrogen) atoms. The van der Waals surface area contributed by atoms with Crippen LogP contribution in [0.2, 0.25) is 0 Å². The molecule has 1 aromatic heterocycles. The number of aryl methyl sites for hydroxylation is 1. The summed E-state index contributed by atoms with van der Waals surface area (Å²) in [5.41, 5.74) is 3.03. The lowest BCUT2D eigenvalue weighted by Crippen LogP contribution is -2.27. The molecule has 0 aliphatic carbocycles. The lowest BCUT2D eigenvalue weighted by molar-refractivity contribution is -0.129. The van der Waals surface area contributed by atoms with E-state index in [2.05, 4.69) is 22.3 Å². The van der Waals surface area contributed by atoms with Crippen LogP contribution in [0.1, 0.15) is 42.8 Å². The molecule has 0 radical (unpaired) electrons. The van der Waals surface area contributed by atoms with Gasteiger partial charge in [-0.2, -0.15) is 4.98 Å². The Hall–Kier alpha value is -3.35. The Kier molecular flexibility index (Phi) is 5.70. The molecule has 4 rings (SSSR count). The van der Waals surface area contributed by atoms with E-state index < -0.39 is 0 Å². The van der Waals surface area contributed by atoms with E-state index in [1.807, 2.05) is 49.1 Å². The van der Waals surface area contributed by atoms with Gasteiger partial charge in [-0.3, -0.25) is 4.79 Å². The van der Waals surface area contributed by atoms with Gasteiger partial charge < -0.3 is 18.9 Å². The van der Waals surface area contributed by atoms with Gasteiger partial charge in [0.15, 0.2) is 11.5 Å². The first-order chi connectivity index (χ1) is 14.6. The van der Waals surface area contributed by atoms with Gasteiger partial charge in [-0.05, 0) is 44.0 Å². The number of nitrogens with zero attached hydrogens (tertiary/aromatic N) is 3. The summed E-state index contributed by atoms with van der Waals surface area (Å²) in [6.45, 7) is 5.04. The van der Waals surface area contributed by atoms with E-state index in [1.165, 1.54) is 5.56 Å². The van der Waals surface area contributed by atoms with Crippen LogP contribution < -0.4 is 9.47 Å². The maximum Gasteiger partial charge on any atom is 0.249 e. The fourth-order valence-electron chi connectivity index (χ4n) is 3.65. The average Bonchev–Trinajstić information content (AvgIpc) is 3.37. The highest BCUT2D eigenvalue weighted by atomic mass is 16.5. The summed E-state index contributed by atoms with van der Waals surface area (Å²) in [6, 6.07) is 13.5. The Labute approximate surface area is 175 Å². The lowest BCUT2D eigenvalue weighted by Gasteiger charge is -2.22. The second-order valence-electron chi connectivity index (χ2n) is 7.32. The SMILES string of the molecule is CCOc1ccc(-c2noc(C3CCC(=O)N3Cc3ccc(C)cc3)n2)cc1OC. The third-order valence-electron chi connectivity index (χ3n) is 5.25. The van der Waals surface area contributed by atoms with Crippen LogP contribution in [0.3, 0.4) is 0 Å². The molecule has 7 nitrogen and oxygen atoms in total. The highest BCUT2D eigenvalue weighted by Gasteiger charge is 2.36. The number of methoxy groups -OCH3 is 1. The lowest BCUT2D eigenvalue weighted by atomic mass is 10.1. The maximum absolute atomic E-state index is 12.5. The van der Waals surface area contributed by atoms with Gasteiger partial charge in [0.25, 0.3) is 0 Å². The summed E-state index contributed by atoms with van der Waals surface area (Å²) in [4.78, 5) is 18.9. The van der Waals surface area contributed by atoms with Gasteiger partial charge in [0.05, 0.1) is 13.7 Å². The topological polar surface area (TPSA) is 77.7 Å². The summed E-state index contributed by atoms with van der Waals surface area (Å²) >= 11 is 0. The third-order valence-corrected chi connectivity index (χ3v) is 5.25. The van der Waals surface area contributed by atoms with E-state index in [1.54, 1.807) is 7.11 Å². The van der Waals surface area contributed by atoms with Gasteiger partial charge in [0.2, 0.25) is 17.6 Å². The number of likely N-dealkylation sites (tertiary alicyclic amines) is 1. The number of ether oxygens (including phenoxy) is 2. The first kappa shape index (κ1) is 19.9. The van der Waals surface area contributed by atoms with Gasteiger partial charge in [-0.25, -0.2) is 0 Å². The van der Waals surface area contributed by atoms with Crippen molar-refractivity contribution in [2.45, 2.75) is 39.3 Å². The fraction of sp³-hybridized carbons (Fsp3) is 0.348. The van der Waals surface area contributed by atoms with Crippen molar-refractivity contribution in [3.63, 3.8) is 0 Å². The number of carbonyl (C=O) groups is 1. The molecule has 2 heterocycles. The number of rotatable bonds is 7. The molecule has 2 aromatic carbocycles. The zero-order valence-electron chi connectivity index (χ0n) is 17.4.